The first kappa shape index (κ1) is 25.2. The van der Waals surface area contributed by atoms with Gasteiger partial charge in [0.1, 0.15) is 17.9 Å². The zero-order chi connectivity index (χ0) is 24.7. The van der Waals surface area contributed by atoms with E-state index >= 15 is 0 Å². The lowest BCUT2D eigenvalue weighted by molar-refractivity contribution is -0.117. The summed E-state index contributed by atoms with van der Waals surface area (Å²) in [7, 11) is 1.60. The van der Waals surface area contributed by atoms with Crippen LogP contribution in [-0.4, -0.2) is 41.5 Å². The van der Waals surface area contributed by atoms with Crippen LogP contribution in [0.15, 0.2) is 49.3 Å². The van der Waals surface area contributed by atoms with Crippen LogP contribution in [0.1, 0.15) is 31.4 Å². The van der Waals surface area contributed by atoms with Crippen molar-refractivity contribution in [1.82, 2.24) is 14.9 Å². The standard InChI is InChI=1S/C23H22ClFN4O2.C3H6/c1-3-14-6-7-18(22(25)21(14)24)28-23-17-9-16(15-5-4-8-29(11-15)13-30)20(31-2)10-19(17)26-12-27-23;1-3-2/h5-7,9-10,12-13H,3-4,8,11H2,1-2H3,(H,26,27,28);3H,1H2,2H3. The molecular formula is C26H28ClFN4O2. The first-order valence-electron chi connectivity index (χ1n) is 11.0. The van der Waals surface area contributed by atoms with Crippen molar-refractivity contribution in [2.45, 2.75) is 26.7 Å². The predicted molar refractivity (Wildman–Crippen MR) is 136 cm³/mol. The second-order valence-corrected chi connectivity index (χ2v) is 8.05. The minimum absolute atomic E-state index is 0.106. The zero-order valence-electron chi connectivity index (χ0n) is 19.6. The lowest BCUT2D eigenvalue weighted by Crippen LogP contribution is -2.28. The Hall–Kier alpha value is -3.45. The monoisotopic (exact) mass is 482 g/mol. The number of nitrogens with one attached hydrogen (secondary N) is 1. The number of methoxy groups -OCH3 is 1. The van der Waals surface area contributed by atoms with Gasteiger partial charge in [-0.25, -0.2) is 14.4 Å². The number of carbonyl (C=O) groups excluding carboxylic acids is 1. The number of aromatic nitrogens is 2. The minimum Gasteiger partial charge on any atom is -0.496 e. The molecule has 1 aromatic heterocycles. The van der Waals surface area contributed by atoms with Crippen LogP contribution in [0.5, 0.6) is 5.75 Å². The molecule has 0 aliphatic carbocycles. The van der Waals surface area contributed by atoms with Crippen molar-refractivity contribution in [3.05, 3.63) is 71.3 Å². The first-order valence-corrected chi connectivity index (χ1v) is 11.4. The van der Waals surface area contributed by atoms with E-state index in [2.05, 4.69) is 27.9 Å². The van der Waals surface area contributed by atoms with Gasteiger partial charge in [0.15, 0.2) is 5.82 Å². The van der Waals surface area contributed by atoms with Crippen LogP contribution in [0.3, 0.4) is 0 Å². The van der Waals surface area contributed by atoms with Crippen LogP contribution < -0.4 is 10.1 Å². The summed E-state index contributed by atoms with van der Waals surface area (Å²) in [6.07, 6.45) is 7.52. The molecule has 0 saturated carbocycles. The Morgan fingerprint density at radius 1 is 1.32 bits per heavy atom. The second kappa shape index (κ2) is 11.6. The molecule has 0 atom stereocenters. The van der Waals surface area contributed by atoms with Crippen LogP contribution >= 0.6 is 11.6 Å². The number of hydrogen-bond acceptors (Lipinski definition) is 5. The molecule has 34 heavy (non-hydrogen) atoms. The van der Waals surface area contributed by atoms with Crippen molar-refractivity contribution >= 4 is 46.0 Å². The Balaban J connectivity index is 0.00000103. The number of hydrogen-bond donors (Lipinski definition) is 1. The van der Waals surface area contributed by atoms with Crippen LogP contribution in [-0.2, 0) is 11.2 Å². The zero-order valence-corrected chi connectivity index (χ0v) is 20.3. The molecule has 3 aromatic rings. The molecule has 0 radical (unpaired) electrons. The summed E-state index contributed by atoms with van der Waals surface area (Å²) in [5.41, 5.74) is 3.46. The average Bonchev–Trinajstić information content (AvgIpc) is 2.86. The van der Waals surface area contributed by atoms with Gasteiger partial charge in [-0.1, -0.05) is 36.7 Å². The fourth-order valence-electron chi connectivity index (χ4n) is 3.74. The highest BCUT2D eigenvalue weighted by atomic mass is 35.5. The number of carbonyl (C=O) groups is 1. The van der Waals surface area contributed by atoms with Crippen LogP contribution in [0, 0.1) is 5.82 Å². The number of benzene rings is 2. The maximum atomic E-state index is 14.8. The highest BCUT2D eigenvalue weighted by Gasteiger charge is 2.19. The molecule has 1 amide bonds. The summed E-state index contributed by atoms with van der Waals surface area (Å²) in [6, 6.07) is 7.19. The Morgan fingerprint density at radius 3 is 2.76 bits per heavy atom. The van der Waals surface area contributed by atoms with Gasteiger partial charge in [-0.3, -0.25) is 4.79 Å². The number of rotatable bonds is 6. The summed E-state index contributed by atoms with van der Waals surface area (Å²) in [5.74, 6) is 0.590. The van der Waals surface area contributed by atoms with Crippen molar-refractivity contribution < 1.29 is 13.9 Å². The molecule has 0 bridgehead atoms. The van der Waals surface area contributed by atoms with Crippen LogP contribution in [0.2, 0.25) is 5.02 Å². The third-order valence-corrected chi connectivity index (χ3v) is 5.84. The highest BCUT2D eigenvalue weighted by Crippen LogP contribution is 2.36. The molecule has 0 unspecified atom stereocenters. The van der Waals surface area contributed by atoms with Gasteiger partial charge in [-0.2, -0.15) is 0 Å². The maximum Gasteiger partial charge on any atom is 0.210 e. The summed E-state index contributed by atoms with van der Waals surface area (Å²) >= 11 is 6.17. The van der Waals surface area contributed by atoms with Gasteiger partial charge in [0.2, 0.25) is 6.41 Å². The molecule has 2 heterocycles. The van der Waals surface area contributed by atoms with E-state index in [4.69, 9.17) is 16.3 Å². The van der Waals surface area contributed by atoms with E-state index in [0.717, 1.165) is 29.5 Å². The molecule has 0 fully saturated rings. The predicted octanol–water partition coefficient (Wildman–Crippen LogP) is 6.17. The van der Waals surface area contributed by atoms with E-state index in [0.29, 0.717) is 42.0 Å². The van der Waals surface area contributed by atoms with Crippen molar-refractivity contribution in [3.63, 3.8) is 0 Å². The van der Waals surface area contributed by atoms with Crippen LogP contribution in [0.25, 0.3) is 16.5 Å². The van der Waals surface area contributed by atoms with E-state index in [1.54, 1.807) is 30.2 Å². The van der Waals surface area contributed by atoms with Gasteiger partial charge in [-0.15, -0.1) is 6.58 Å². The average molecular weight is 483 g/mol. The molecule has 1 N–H and O–H groups in total. The highest BCUT2D eigenvalue weighted by molar-refractivity contribution is 6.31. The number of nitrogens with zero attached hydrogens (tertiary/aromatic N) is 3. The van der Waals surface area contributed by atoms with Crippen molar-refractivity contribution in [2.24, 2.45) is 0 Å². The molecule has 1 aliphatic heterocycles. The molecule has 0 saturated heterocycles. The van der Waals surface area contributed by atoms with E-state index in [9.17, 15) is 9.18 Å². The Kier molecular flexibility index (Phi) is 8.60. The van der Waals surface area contributed by atoms with Gasteiger partial charge in [0.05, 0.1) is 23.3 Å². The third kappa shape index (κ3) is 5.37. The van der Waals surface area contributed by atoms with E-state index in [1.165, 1.54) is 6.33 Å². The minimum atomic E-state index is -0.516. The van der Waals surface area contributed by atoms with Crippen LogP contribution in [0.4, 0.5) is 15.9 Å². The quantitative estimate of drug-likeness (QED) is 0.336. The molecule has 1 aliphatic rings. The number of halogens is 2. The Bertz CT molecular complexity index is 1230. The molecule has 0 spiro atoms. The normalized spacial score (nSPS) is 13.0. The lowest BCUT2D eigenvalue weighted by Gasteiger charge is -2.25. The van der Waals surface area contributed by atoms with Gasteiger partial charge in [0, 0.05) is 30.1 Å². The number of aryl methyl sites for hydroxylation is 1. The molecule has 6 nitrogen and oxygen atoms in total. The van der Waals surface area contributed by atoms with Crippen molar-refractivity contribution in [1.29, 1.82) is 0 Å². The van der Waals surface area contributed by atoms with Crippen molar-refractivity contribution in [3.8, 4) is 5.75 Å². The van der Waals surface area contributed by atoms with Crippen molar-refractivity contribution in [2.75, 3.05) is 25.5 Å². The largest absolute Gasteiger partial charge is 0.496 e. The number of allylic oxidation sites excluding steroid dienone is 1. The van der Waals surface area contributed by atoms with Gasteiger partial charge in [-0.05, 0) is 43.0 Å². The molecular weight excluding hydrogens is 455 g/mol. The smallest absolute Gasteiger partial charge is 0.210 e. The number of amides is 1. The molecule has 8 heteroatoms. The second-order valence-electron chi connectivity index (χ2n) is 7.67. The van der Waals surface area contributed by atoms with E-state index < -0.39 is 5.82 Å². The van der Waals surface area contributed by atoms with E-state index in [1.807, 2.05) is 26.0 Å². The summed E-state index contributed by atoms with van der Waals surface area (Å²) in [5, 5.41) is 3.87. The van der Waals surface area contributed by atoms with Gasteiger partial charge < -0.3 is 15.0 Å². The Labute approximate surface area is 204 Å². The lowest BCUT2D eigenvalue weighted by atomic mass is 9.98. The van der Waals surface area contributed by atoms with Gasteiger partial charge >= 0.3 is 0 Å². The summed E-state index contributed by atoms with van der Waals surface area (Å²) in [6.45, 7) is 8.35. The first-order chi connectivity index (χ1) is 16.5. The third-order valence-electron chi connectivity index (χ3n) is 5.43. The number of ether oxygens (including phenoxy) is 1. The number of anilines is 2. The molecule has 4 rings (SSSR count). The topological polar surface area (TPSA) is 67.4 Å². The molecule has 178 valence electrons. The maximum absolute atomic E-state index is 14.8. The van der Waals surface area contributed by atoms with E-state index in [-0.39, 0.29) is 10.7 Å². The fourth-order valence-corrected chi connectivity index (χ4v) is 4.04. The summed E-state index contributed by atoms with van der Waals surface area (Å²) < 4.78 is 20.4. The SMILES string of the molecule is C=CC.CCc1ccc(Nc2ncnc3cc(OC)c(C4=CCCN(C=O)C4)cc23)c(F)c1Cl. The molecule has 2 aromatic carbocycles. The Morgan fingerprint density at radius 2 is 2.09 bits per heavy atom. The fraction of sp³-hybridized carbons (Fsp3) is 0.269. The van der Waals surface area contributed by atoms with Gasteiger partial charge in [0.25, 0.3) is 0 Å². The summed E-state index contributed by atoms with van der Waals surface area (Å²) in [4.78, 5) is 21.6. The number of fused-ring (bicyclic) bond motifs is 1.